The number of hydrogen-bond donors (Lipinski definition) is 1. The third-order valence-corrected chi connectivity index (χ3v) is 6.00. The molecule has 4 rings (SSSR count). The fourth-order valence-electron chi connectivity index (χ4n) is 3.19. The van der Waals surface area contributed by atoms with E-state index in [-0.39, 0.29) is 11.7 Å². The number of nitrogens with one attached hydrogen (secondary N) is 1. The third kappa shape index (κ3) is 4.65. The van der Waals surface area contributed by atoms with Crippen LogP contribution in [0.15, 0.2) is 72.0 Å². The zero-order valence-electron chi connectivity index (χ0n) is 18.1. The van der Waals surface area contributed by atoms with Gasteiger partial charge in [-0.2, -0.15) is 0 Å². The lowest BCUT2D eigenvalue weighted by molar-refractivity contribution is -0.113. The summed E-state index contributed by atoms with van der Waals surface area (Å²) in [6, 6.07) is 19.1. The molecule has 2 heterocycles. The Morgan fingerprint density at radius 3 is 2.56 bits per heavy atom. The van der Waals surface area contributed by atoms with Crippen LogP contribution in [0.2, 0.25) is 0 Å². The van der Waals surface area contributed by atoms with Gasteiger partial charge in [-0.15, -0.1) is 10.2 Å². The molecule has 2 aromatic carbocycles. The van der Waals surface area contributed by atoms with Crippen LogP contribution >= 0.6 is 11.8 Å². The van der Waals surface area contributed by atoms with Gasteiger partial charge in [-0.3, -0.25) is 14.3 Å². The normalized spacial score (nSPS) is 10.7. The van der Waals surface area contributed by atoms with Crippen molar-refractivity contribution in [3.63, 3.8) is 0 Å². The molecule has 0 saturated carbocycles. The minimum absolute atomic E-state index is 0.104. The van der Waals surface area contributed by atoms with E-state index < -0.39 is 0 Å². The Kier molecular flexibility index (Phi) is 6.51. The monoisotopic (exact) mass is 445 g/mol. The van der Waals surface area contributed by atoms with Crippen molar-refractivity contribution in [2.24, 2.45) is 0 Å². The van der Waals surface area contributed by atoms with Crippen LogP contribution in [0, 0.1) is 13.8 Å². The molecular formula is C24H23N5O2S. The average Bonchev–Trinajstić information content (AvgIpc) is 3.25. The summed E-state index contributed by atoms with van der Waals surface area (Å²) in [5.41, 5.74) is 4.57. The second kappa shape index (κ2) is 9.65. The molecule has 162 valence electrons. The predicted octanol–water partition coefficient (Wildman–Crippen LogP) is 4.69. The summed E-state index contributed by atoms with van der Waals surface area (Å²) >= 11 is 1.32. The van der Waals surface area contributed by atoms with Crippen molar-refractivity contribution in [1.29, 1.82) is 0 Å². The van der Waals surface area contributed by atoms with Crippen LogP contribution in [-0.2, 0) is 4.79 Å². The number of methoxy groups -OCH3 is 1. The van der Waals surface area contributed by atoms with Crippen LogP contribution in [0.1, 0.15) is 11.1 Å². The molecule has 0 saturated heterocycles. The Hall–Kier alpha value is -3.65. The number of carbonyl (C=O) groups excluding carboxylic acids is 1. The van der Waals surface area contributed by atoms with Gasteiger partial charge in [0, 0.05) is 11.9 Å². The molecule has 32 heavy (non-hydrogen) atoms. The van der Waals surface area contributed by atoms with Crippen molar-refractivity contribution in [3.05, 3.63) is 78.0 Å². The first-order chi connectivity index (χ1) is 15.6. The molecule has 1 N–H and O–H groups in total. The van der Waals surface area contributed by atoms with Gasteiger partial charge in [-0.25, -0.2) is 0 Å². The van der Waals surface area contributed by atoms with Crippen LogP contribution in [0.5, 0.6) is 5.75 Å². The third-order valence-electron chi connectivity index (χ3n) is 5.07. The number of amides is 1. The number of hydrogen-bond acceptors (Lipinski definition) is 6. The fraction of sp³-hybridized carbons (Fsp3) is 0.167. The minimum atomic E-state index is -0.104. The van der Waals surface area contributed by atoms with E-state index in [0.29, 0.717) is 16.7 Å². The summed E-state index contributed by atoms with van der Waals surface area (Å²) in [5, 5.41) is 12.3. The Balaban J connectivity index is 1.60. The topological polar surface area (TPSA) is 81.9 Å². The molecule has 0 atom stereocenters. The van der Waals surface area contributed by atoms with E-state index in [0.717, 1.165) is 28.3 Å². The highest BCUT2D eigenvalue weighted by atomic mass is 32.2. The van der Waals surface area contributed by atoms with E-state index in [9.17, 15) is 4.79 Å². The number of rotatable bonds is 7. The first kappa shape index (κ1) is 21.6. The van der Waals surface area contributed by atoms with Gasteiger partial charge < -0.3 is 10.1 Å². The first-order valence-corrected chi connectivity index (χ1v) is 11.1. The van der Waals surface area contributed by atoms with Gasteiger partial charge >= 0.3 is 0 Å². The van der Waals surface area contributed by atoms with Crippen LogP contribution in [0.25, 0.3) is 17.2 Å². The Bertz CT molecular complexity index is 1220. The summed E-state index contributed by atoms with van der Waals surface area (Å²) in [5.74, 6) is 1.45. The van der Waals surface area contributed by atoms with Crippen molar-refractivity contribution in [2.45, 2.75) is 19.0 Å². The molecule has 0 spiro atoms. The van der Waals surface area contributed by atoms with Gasteiger partial charge in [0.1, 0.15) is 11.4 Å². The van der Waals surface area contributed by atoms with E-state index >= 15 is 0 Å². The highest BCUT2D eigenvalue weighted by molar-refractivity contribution is 7.99. The zero-order chi connectivity index (χ0) is 22.5. The average molecular weight is 446 g/mol. The zero-order valence-corrected chi connectivity index (χ0v) is 18.9. The van der Waals surface area contributed by atoms with E-state index in [4.69, 9.17) is 4.74 Å². The van der Waals surface area contributed by atoms with Gasteiger partial charge in [-0.05, 0) is 67.4 Å². The van der Waals surface area contributed by atoms with E-state index in [1.165, 1.54) is 11.8 Å². The minimum Gasteiger partial charge on any atom is -0.497 e. The van der Waals surface area contributed by atoms with E-state index in [1.54, 1.807) is 13.3 Å². The number of aryl methyl sites for hydroxylation is 1. The molecule has 0 unspecified atom stereocenters. The lowest BCUT2D eigenvalue weighted by Gasteiger charge is -2.12. The van der Waals surface area contributed by atoms with Crippen LogP contribution in [-0.4, -0.2) is 38.5 Å². The molecule has 0 radical (unpaired) electrons. The SMILES string of the molecule is COc1ccc(-n2c(SCC(=O)Nc3cccc(C)c3C)nnc2-c2ccccn2)cc1. The molecule has 0 fully saturated rings. The van der Waals surface area contributed by atoms with Gasteiger partial charge in [0.2, 0.25) is 5.91 Å². The molecule has 4 aromatic rings. The quantitative estimate of drug-likeness (QED) is 0.416. The van der Waals surface area contributed by atoms with Gasteiger partial charge in [0.15, 0.2) is 11.0 Å². The molecular weight excluding hydrogens is 422 g/mol. The van der Waals surface area contributed by atoms with E-state index in [1.807, 2.05) is 79.1 Å². The van der Waals surface area contributed by atoms with Crippen LogP contribution in [0.4, 0.5) is 5.69 Å². The van der Waals surface area contributed by atoms with Gasteiger partial charge in [0.25, 0.3) is 0 Å². The van der Waals surface area contributed by atoms with Crippen molar-refractivity contribution in [3.8, 4) is 23.0 Å². The van der Waals surface area contributed by atoms with E-state index in [2.05, 4.69) is 20.5 Å². The van der Waals surface area contributed by atoms with Crippen molar-refractivity contribution >= 4 is 23.4 Å². The maximum atomic E-state index is 12.6. The molecule has 0 aliphatic rings. The summed E-state index contributed by atoms with van der Waals surface area (Å²) in [4.78, 5) is 17.1. The molecule has 0 aliphatic carbocycles. The number of aromatic nitrogens is 4. The van der Waals surface area contributed by atoms with Crippen LogP contribution in [0.3, 0.4) is 0 Å². The molecule has 7 nitrogen and oxygen atoms in total. The summed E-state index contributed by atoms with van der Waals surface area (Å²) in [6.45, 7) is 4.02. The largest absolute Gasteiger partial charge is 0.497 e. The Morgan fingerprint density at radius 1 is 1.03 bits per heavy atom. The van der Waals surface area contributed by atoms with Crippen molar-refractivity contribution < 1.29 is 9.53 Å². The molecule has 1 amide bonds. The summed E-state index contributed by atoms with van der Waals surface area (Å²) < 4.78 is 7.17. The standard InChI is InChI=1S/C24H23N5O2S/c1-16-7-6-9-20(17(16)2)26-22(30)15-32-24-28-27-23(21-8-4-5-14-25-21)29(24)18-10-12-19(31-3)13-11-18/h4-14H,15H2,1-3H3,(H,26,30). The Morgan fingerprint density at radius 2 is 1.84 bits per heavy atom. The molecule has 8 heteroatoms. The lowest BCUT2D eigenvalue weighted by atomic mass is 10.1. The molecule has 0 bridgehead atoms. The van der Waals surface area contributed by atoms with Crippen LogP contribution < -0.4 is 10.1 Å². The number of anilines is 1. The number of pyridine rings is 1. The Labute approximate surface area is 190 Å². The number of nitrogens with zero attached hydrogens (tertiary/aromatic N) is 4. The van der Waals surface area contributed by atoms with Crippen molar-refractivity contribution in [2.75, 3.05) is 18.2 Å². The second-order valence-corrected chi connectivity index (χ2v) is 8.08. The lowest BCUT2D eigenvalue weighted by Crippen LogP contribution is -2.15. The second-order valence-electron chi connectivity index (χ2n) is 7.14. The highest BCUT2D eigenvalue weighted by Crippen LogP contribution is 2.28. The van der Waals surface area contributed by atoms with Gasteiger partial charge in [0.05, 0.1) is 18.6 Å². The van der Waals surface area contributed by atoms with Crippen molar-refractivity contribution in [1.82, 2.24) is 19.7 Å². The number of thioether (sulfide) groups is 1. The molecule has 0 aliphatic heterocycles. The summed E-state index contributed by atoms with van der Waals surface area (Å²) in [7, 11) is 1.63. The summed E-state index contributed by atoms with van der Waals surface area (Å²) in [6.07, 6.45) is 1.72. The maximum Gasteiger partial charge on any atom is 0.234 e. The number of ether oxygens (including phenoxy) is 1. The number of carbonyl (C=O) groups is 1. The maximum absolute atomic E-state index is 12.6. The number of benzene rings is 2. The first-order valence-electron chi connectivity index (χ1n) is 10.1. The highest BCUT2D eigenvalue weighted by Gasteiger charge is 2.18. The smallest absolute Gasteiger partial charge is 0.234 e. The van der Waals surface area contributed by atoms with Gasteiger partial charge in [-0.1, -0.05) is 30.0 Å². The molecule has 2 aromatic heterocycles. The fourth-order valence-corrected chi connectivity index (χ4v) is 3.94. The predicted molar refractivity (Wildman–Crippen MR) is 126 cm³/mol.